The van der Waals surface area contributed by atoms with Crippen LogP contribution in [0.4, 0.5) is 17.6 Å². The molecule has 0 saturated carbocycles. The van der Waals surface area contributed by atoms with Gasteiger partial charge in [-0.3, -0.25) is 9.59 Å². The zero-order valence-corrected chi connectivity index (χ0v) is 13.0. The van der Waals surface area contributed by atoms with Crippen LogP contribution in [0.5, 0.6) is 5.75 Å². The van der Waals surface area contributed by atoms with Gasteiger partial charge in [-0.15, -0.1) is 11.3 Å². The minimum atomic E-state index is -4.25. The predicted octanol–water partition coefficient (Wildman–Crippen LogP) is 4.48. The molecule has 1 heterocycles. The Kier molecular flexibility index (Phi) is 5.71. The van der Waals surface area contributed by atoms with Crippen molar-refractivity contribution < 1.29 is 31.9 Å². The van der Waals surface area contributed by atoms with Crippen LogP contribution in [0.25, 0.3) is 0 Å². The Morgan fingerprint density at radius 1 is 1.08 bits per heavy atom. The Morgan fingerprint density at radius 3 is 2.29 bits per heavy atom. The number of alkyl halides is 4. The summed E-state index contributed by atoms with van der Waals surface area (Å²) in [6.07, 6.45) is -4.13. The topological polar surface area (TPSA) is 43.4 Å². The van der Waals surface area contributed by atoms with E-state index in [1.54, 1.807) is 17.5 Å². The van der Waals surface area contributed by atoms with Gasteiger partial charge in [0.15, 0.2) is 18.2 Å². The smallest absolute Gasteiger partial charge is 0.340 e. The van der Waals surface area contributed by atoms with Gasteiger partial charge in [0.25, 0.3) is 0 Å². The summed E-state index contributed by atoms with van der Waals surface area (Å²) in [5.41, 5.74) is 0.202. The molecule has 0 radical (unpaired) electrons. The standard InChI is InChI=1S/C16H12F4O3S/c17-15(18)16(19,20)9-23-11-5-3-10(4-6-11)12(21)8-13(22)14-2-1-7-24-14/h1-7,15H,8-9H2. The molecule has 1 aromatic heterocycles. The van der Waals surface area contributed by atoms with Gasteiger partial charge in [-0.2, -0.15) is 8.78 Å². The van der Waals surface area contributed by atoms with E-state index in [4.69, 9.17) is 0 Å². The molecular weight excluding hydrogens is 348 g/mol. The fraction of sp³-hybridized carbons (Fsp3) is 0.250. The van der Waals surface area contributed by atoms with Crippen molar-refractivity contribution in [2.45, 2.75) is 18.8 Å². The van der Waals surface area contributed by atoms with E-state index in [1.807, 2.05) is 0 Å². The molecule has 8 heteroatoms. The van der Waals surface area contributed by atoms with E-state index in [-0.39, 0.29) is 23.5 Å². The predicted molar refractivity (Wildman–Crippen MR) is 80.5 cm³/mol. The monoisotopic (exact) mass is 360 g/mol. The van der Waals surface area contributed by atoms with Crippen molar-refractivity contribution >= 4 is 22.9 Å². The SMILES string of the molecule is O=C(CC(=O)c1cccs1)c1ccc(OCC(F)(F)C(F)F)cc1. The van der Waals surface area contributed by atoms with Gasteiger partial charge >= 0.3 is 12.3 Å². The van der Waals surface area contributed by atoms with Crippen LogP contribution in [-0.4, -0.2) is 30.5 Å². The average Bonchev–Trinajstić information content (AvgIpc) is 3.08. The summed E-state index contributed by atoms with van der Waals surface area (Å²) in [5.74, 6) is -5.07. The summed E-state index contributed by atoms with van der Waals surface area (Å²) >= 11 is 1.23. The van der Waals surface area contributed by atoms with Crippen molar-refractivity contribution in [1.82, 2.24) is 0 Å². The van der Waals surface area contributed by atoms with E-state index < -0.39 is 24.7 Å². The molecule has 0 unspecified atom stereocenters. The molecule has 2 rings (SSSR count). The van der Waals surface area contributed by atoms with E-state index >= 15 is 0 Å². The lowest BCUT2D eigenvalue weighted by atomic mass is 10.1. The molecule has 0 aliphatic carbocycles. The largest absolute Gasteiger partial charge is 0.487 e. The van der Waals surface area contributed by atoms with Crippen molar-refractivity contribution in [3.8, 4) is 5.75 Å². The van der Waals surface area contributed by atoms with Crippen molar-refractivity contribution in [3.63, 3.8) is 0 Å². The molecule has 0 atom stereocenters. The first-order chi connectivity index (χ1) is 11.3. The first kappa shape index (κ1) is 18.1. The van der Waals surface area contributed by atoms with Crippen molar-refractivity contribution in [2.75, 3.05) is 6.61 Å². The maximum atomic E-state index is 12.8. The number of Topliss-reactive ketones (excluding diaryl/α,β-unsaturated/α-hetero) is 2. The summed E-state index contributed by atoms with van der Waals surface area (Å²) in [7, 11) is 0. The Labute approximate surface area is 138 Å². The van der Waals surface area contributed by atoms with Crippen LogP contribution in [0.3, 0.4) is 0 Å². The number of halogens is 4. The second kappa shape index (κ2) is 7.57. The van der Waals surface area contributed by atoms with E-state index in [2.05, 4.69) is 4.74 Å². The highest BCUT2D eigenvalue weighted by atomic mass is 32.1. The van der Waals surface area contributed by atoms with Gasteiger partial charge in [-0.1, -0.05) is 6.07 Å². The number of rotatable bonds is 8. The van der Waals surface area contributed by atoms with Crippen LogP contribution in [0, 0.1) is 0 Å². The van der Waals surface area contributed by atoms with Gasteiger partial charge in [-0.25, -0.2) is 8.78 Å². The minimum absolute atomic E-state index is 0.0727. The van der Waals surface area contributed by atoms with Crippen molar-refractivity contribution in [2.24, 2.45) is 0 Å². The molecule has 0 aliphatic rings. The fourth-order valence-electron chi connectivity index (χ4n) is 1.75. The number of thiophene rings is 1. The van der Waals surface area contributed by atoms with Crippen LogP contribution in [0.2, 0.25) is 0 Å². The van der Waals surface area contributed by atoms with Gasteiger partial charge in [0.1, 0.15) is 5.75 Å². The summed E-state index contributed by atoms with van der Waals surface area (Å²) in [6.45, 7) is -1.46. The number of carbonyl (C=O) groups is 2. The lowest BCUT2D eigenvalue weighted by Crippen LogP contribution is -2.33. The molecule has 3 nitrogen and oxygen atoms in total. The Morgan fingerprint density at radius 2 is 1.75 bits per heavy atom. The molecule has 0 aliphatic heterocycles. The maximum absolute atomic E-state index is 12.8. The molecule has 2 aromatic rings. The second-order valence-electron chi connectivity index (χ2n) is 4.88. The van der Waals surface area contributed by atoms with Crippen molar-refractivity contribution in [1.29, 1.82) is 0 Å². The molecular formula is C16H12F4O3S. The van der Waals surface area contributed by atoms with E-state index in [1.165, 1.54) is 35.6 Å². The number of hydrogen-bond acceptors (Lipinski definition) is 4. The Hall–Kier alpha value is -2.22. The third-order valence-corrected chi connectivity index (χ3v) is 3.95. The molecule has 0 saturated heterocycles. The van der Waals surface area contributed by atoms with Gasteiger partial charge in [0.05, 0.1) is 11.3 Å². The normalized spacial score (nSPS) is 11.5. The summed E-state index contributed by atoms with van der Waals surface area (Å²) in [4.78, 5) is 24.3. The molecule has 0 amide bonds. The third-order valence-electron chi connectivity index (χ3n) is 3.04. The highest BCUT2D eigenvalue weighted by Gasteiger charge is 2.41. The van der Waals surface area contributed by atoms with Gasteiger partial charge in [0, 0.05) is 5.56 Å². The van der Waals surface area contributed by atoms with Gasteiger partial charge in [-0.05, 0) is 35.7 Å². The lowest BCUT2D eigenvalue weighted by Gasteiger charge is -2.15. The van der Waals surface area contributed by atoms with Crippen LogP contribution in [0.15, 0.2) is 41.8 Å². The number of ketones is 2. The number of carbonyl (C=O) groups excluding carboxylic acids is 2. The molecule has 0 spiro atoms. The van der Waals surface area contributed by atoms with Crippen LogP contribution >= 0.6 is 11.3 Å². The second-order valence-corrected chi connectivity index (χ2v) is 5.82. The fourth-order valence-corrected chi connectivity index (χ4v) is 2.42. The van der Waals surface area contributed by atoms with Gasteiger partial charge in [0.2, 0.25) is 0 Å². The number of hydrogen-bond donors (Lipinski definition) is 0. The zero-order chi connectivity index (χ0) is 17.7. The van der Waals surface area contributed by atoms with Crippen LogP contribution < -0.4 is 4.74 Å². The number of benzene rings is 1. The molecule has 128 valence electrons. The Balaban J connectivity index is 1.94. The minimum Gasteiger partial charge on any atom is -0.487 e. The molecule has 0 bridgehead atoms. The highest BCUT2D eigenvalue weighted by molar-refractivity contribution is 7.12. The summed E-state index contributed by atoms with van der Waals surface area (Å²) < 4.78 is 54.1. The average molecular weight is 360 g/mol. The quantitative estimate of drug-likeness (QED) is 0.396. The number of ether oxygens (including phenoxy) is 1. The van der Waals surface area contributed by atoms with E-state index in [0.29, 0.717) is 4.88 Å². The Bertz CT molecular complexity index is 697. The van der Waals surface area contributed by atoms with E-state index in [9.17, 15) is 27.2 Å². The van der Waals surface area contributed by atoms with Crippen LogP contribution in [-0.2, 0) is 0 Å². The molecule has 0 N–H and O–H groups in total. The summed E-state index contributed by atoms with van der Waals surface area (Å²) in [6, 6.07) is 8.32. The molecule has 1 aromatic carbocycles. The first-order valence-corrected chi connectivity index (χ1v) is 7.66. The zero-order valence-electron chi connectivity index (χ0n) is 12.2. The van der Waals surface area contributed by atoms with E-state index in [0.717, 1.165) is 0 Å². The molecule has 0 fully saturated rings. The maximum Gasteiger partial charge on any atom is 0.340 e. The summed E-state index contributed by atoms with van der Waals surface area (Å²) in [5, 5.41) is 1.72. The lowest BCUT2D eigenvalue weighted by molar-refractivity contribution is -0.148. The molecule has 24 heavy (non-hydrogen) atoms. The van der Waals surface area contributed by atoms with Gasteiger partial charge < -0.3 is 4.74 Å². The van der Waals surface area contributed by atoms with Crippen molar-refractivity contribution in [3.05, 3.63) is 52.2 Å². The highest BCUT2D eigenvalue weighted by Crippen LogP contribution is 2.24. The van der Waals surface area contributed by atoms with Crippen LogP contribution in [0.1, 0.15) is 26.5 Å². The first-order valence-electron chi connectivity index (χ1n) is 6.78. The third kappa shape index (κ3) is 4.64.